The molecular formula is C11H7BrF6OS. The summed E-state index contributed by atoms with van der Waals surface area (Å²) >= 11 is 2.12. The number of carbonyl (C=O) groups is 1. The van der Waals surface area contributed by atoms with Crippen molar-refractivity contribution in [2.45, 2.75) is 23.0 Å². The first kappa shape index (κ1) is 17.4. The van der Waals surface area contributed by atoms with Crippen molar-refractivity contribution in [2.75, 3.05) is 5.33 Å². The number of rotatable bonds is 4. The Balaban J connectivity index is 3.33. The molecule has 9 heteroatoms. The molecule has 1 nitrogen and oxygen atoms in total. The van der Waals surface area contributed by atoms with Crippen molar-refractivity contribution in [3.63, 3.8) is 0 Å². The molecule has 0 radical (unpaired) electrons. The second-order valence-corrected chi connectivity index (χ2v) is 5.34. The largest absolute Gasteiger partial charge is 0.446 e. The normalized spacial score (nSPS) is 12.6. The Morgan fingerprint density at radius 2 is 1.75 bits per heavy atom. The summed E-state index contributed by atoms with van der Waals surface area (Å²) in [6.45, 7) is 0. The lowest BCUT2D eigenvalue weighted by Crippen LogP contribution is -2.15. The summed E-state index contributed by atoms with van der Waals surface area (Å²) in [7, 11) is 0. The molecule has 0 heterocycles. The van der Waals surface area contributed by atoms with Gasteiger partial charge in [-0.1, -0.05) is 22.0 Å². The number of alkyl halides is 7. The van der Waals surface area contributed by atoms with Gasteiger partial charge in [0.25, 0.3) is 0 Å². The van der Waals surface area contributed by atoms with Crippen molar-refractivity contribution in [3.8, 4) is 0 Å². The maximum atomic E-state index is 12.8. The topological polar surface area (TPSA) is 17.1 Å². The van der Waals surface area contributed by atoms with Crippen LogP contribution in [0.3, 0.4) is 0 Å². The summed E-state index contributed by atoms with van der Waals surface area (Å²) in [5.74, 6) is -0.634. The first-order valence-electron chi connectivity index (χ1n) is 5.07. The molecule has 0 fully saturated rings. The number of halogens is 7. The van der Waals surface area contributed by atoms with Crippen LogP contribution in [0.4, 0.5) is 26.3 Å². The van der Waals surface area contributed by atoms with Crippen molar-refractivity contribution in [1.29, 1.82) is 0 Å². The zero-order valence-corrected chi connectivity index (χ0v) is 12.0. The Hall–Kier alpha value is -0.700. The third-order valence-corrected chi connectivity index (χ3v) is 3.65. The molecule has 0 amide bonds. The van der Waals surface area contributed by atoms with E-state index < -0.39 is 51.7 Å². The predicted molar refractivity (Wildman–Crippen MR) is 65.9 cm³/mol. The van der Waals surface area contributed by atoms with Gasteiger partial charge in [0.2, 0.25) is 0 Å². The summed E-state index contributed by atoms with van der Waals surface area (Å²) in [5, 5.41) is -0.227. The van der Waals surface area contributed by atoms with Gasteiger partial charge in [0.15, 0.2) is 0 Å². The molecule has 0 N–H and O–H groups in total. The van der Waals surface area contributed by atoms with Crippen LogP contribution >= 0.6 is 27.7 Å². The molecule has 0 bridgehead atoms. The van der Waals surface area contributed by atoms with E-state index in [0.717, 1.165) is 12.1 Å². The van der Waals surface area contributed by atoms with Crippen molar-refractivity contribution >= 4 is 33.5 Å². The Bertz CT molecular complexity index is 497. The van der Waals surface area contributed by atoms with Gasteiger partial charge in [0.1, 0.15) is 5.78 Å². The first-order valence-corrected chi connectivity index (χ1v) is 7.01. The molecule has 0 aliphatic rings. The van der Waals surface area contributed by atoms with E-state index in [1.807, 2.05) is 0 Å². The lowest BCUT2D eigenvalue weighted by molar-refractivity contribution is -0.138. The van der Waals surface area contributed by atoms with Crippen LogP contribution in [0.5, 0.6) is 0 Å². The highest BCUT2D eigenvalue weighted by Gasteiger charge is 2.37. The van der Waals surface area contributed by atoms with Crippen molar-refractivity contribution in [2.24, 2.45) is 0 Å². The average Bonchev–Trinajstić information content (AvgIpc) is 2.27. The number of thioether (sulfide) groups is 1. The van der Waals surface area contributed by atoms with Crippen LogP contribution in [0.2, 0.25) is 0 Å². The van der Waals surface area contributed by atoms with Gasteiger partial charge >= 0.3 is 11.7 Å². The highest BCUT2D eigenvalue weighted by Crippen LogP contribution is 2.42. The molecule has 1 aromatic carbocycles. The van der Waals surface area contributed by atoms with Crippen LogP contribution in [-0.4, -0.2) is 16.6 Å². The standard InChI is InChI=1S/C11H7BrF6OS/c12-5-6(19)4-7-8(10(13,14)15)2-1-3-9(7)20-11(16,17)18/h1-3H,4-5H2. The molecule has 0 saturated carbocycles. The van der Waals surface area contributed by atoms with Gasteiger partial charge in [-0.3, -0.25) is 4.79 Å². The minimum absolute atomic E-state index is 0.227. The van der Waals surface area contributed by atoms with Crippen LogP contribution in [0.1, 0.15) is 11.1 Å². The molecule has 1 aromatic rings. The maximum absolute atomic E-state index is 12.8. The first-order chi connectivity index (χ1) is 9.04. The van der Waals surface area contributed by atoms with Crippen LogP contribution in [0.25, 0.3) is 0 Å². The number of hydrogen-bond donors (Lipinski definition) is 0. The zero-order valence-electron chi connectivity index (χ0n) is 9.61. The highest BCUT2D eigenvalue weighted by atomic mass is 79.9. The van der Waals surface area contributed by atoms with Crippen molar-refractivity contribution in [3.05, 3.63) is 29.3 Å². The summed E-state index contributed by atoms with van der Waals surface area (Å²) in [6, 6.07) is 2.47. The minimum atomic E-state index is -4.82. The molecule has 0 unspecified atom stereocenters. The van der Waals surface area contributed by atoms with Gasteiger partial charge in [0, 0.05) is 11.3 Å². The van der Waals surface area contributed by atoms with Crippen LogP contribution in [-0.2, 0) is 17.4 Å². The Morgan fingerprint density at radius 1 is 1.15 bits per heavy atom. The van der Waals surface area contributed by atoms with Crippen LogP contribution in [0, 0.1) is 0 Å². The highest BCUT2D eigenvalue weighted by molar-refractivity contribution is 9.09. The van der Waals surface area contributed by atoms with E-state index in [2.05, 4.69) is 15.9 Å². The molecule has 0 aliphatic heterocycles. The van der Waals surface area contributed by atoms with E-state index in [0.29, 0.717) is 6.07 Å². The number of carbonyl (C=O) groups excluding carboxylic acids is 1. The minimum Gasteiger partial charge on any atom is -0.298 e. The molecule has 0 aromatic heterocycles. The third-order valence-electron chi connectivity index (χ3n) is 2.19. The van der Waals surface area contributed by atoms with Gasteiger partial charge in [-0.05, 0) is 29.5 Å². The lowest BCUT2D eigenvalue weighted by atomic mass is 10.0. The zero-order chi connectivity index (χ0) is 15.6. The Morgan fingerprint density at radius 3 is 2.20 bits per heavy atom. The fourth-order valence-corrected chi connectivity index (χ4v) is 2.38. The third kappa shape index (κ3) is 5.01. The van der Waals surface area contributed by atoms with Gasteiger partial charge in [-0.15, -0.1) is 0 Å². The summed E-state index contributed by atoms with van der Waals surface area (Å²) in [5.41, 5.74) is -6.59. The fraction of sp³-hybridized carbons (Fsp3) is 0.364. The number of ketones is 1. The van der Waals surface area contributed by atoms with Crippen molar-refractivity contribution in [1.82, 2.24) is 0 Å². The molecule has 0 atom stereocenters. The smallest absolute Gasteiger partial charge is 0.298 e. The van der Waals surface area contributed by atoms with Gasteiger partial charge < -0.3 is 0 Å². The summed E-state index contributed by atoms with van der Waals surface area (Å²) in [4.78, 5) is 10.7. The van der Waals surface area contributed by atoms with E-state index in [4.69, 9.17) is 0 Å². The van der Waals surface area contributed by atoms with E-state index in [1.54, 1.807) is 0 Å². The molecule has 20 heavy (non-hydrogen) atoms. The molecule has 0 aliphatic carbocycles. The Labute approximate surface area is 122 Å². The molecule has 0 spiro atoms. The number of benzene rings is 1. The number of Topliss-reactive ketones (excluding diaryl/α,β-unsaturated/α-hetero) is 1. The molecular weight excluding hydrogens is 374 g/mol. The second kappa shape index (κ2) is 6.38. The second-order valence-electron chi connectivity index (χ2n) is 3.68. The monoisotopic (exact) mass is 380 g/mol. The quantitative estimate of drug-likeness (QED) is 0.423. The SMILES string of the molecule is O=C(CBr)Cc1c(SC(F)(F)F)cccc1C(F)(F)F. The average molecular weight is 381 g/mol. The fourth-order valence-electron chi connectivity index (χ4n) is 1.48. The molecule has 112 valence electrons. The molecule has 0 saturated heterocycles. The summed E-state index contributed by atoms with van der Waals surface area (Å²) in [6.07, 6.45) is -5.52. The van der Waals surface area contributed by atoms with E-state index in [1.165, 1.54) is 0 Å². The van der Waals surface area contributed by atoms with Crippen LogP contribution in [0.15, 0.2) is 23.1 Å². The van der Waals surface area contributed by atoms with Crippen molar-refractivity contribution < 1.29 is 31.1 Å². The molecule has 1 rings (SSSR count). The van der Waals surface area contributed by atoms with Gasteiger partial charge in [0.05, 0.1) is 10.9 Å². The number of hydrogen-bond acceptors (Lipinski definition) is 2. The van der Waals surface area contributed by atoms with Gasteiger partial charge in [-0.2, -0.15) is 26.3 Å². The van der Waals surface area contributed by atoms with Gasteiger partial charge in [-0.25, -0.2) is 0 Å². The lowest BCUT2D eigenvalue weighted by Gasteiger charge is -2.16. The predicted octanol–water partition coefficient (Wildman–Crippen LogP) is 4.82. The maximum Gasteiger partial charge on any atom is 0.446 e. The summed E-state index contributed by atoms with van der Waals surface area (Å²) < 4.78 is 75.5. The van der Waals surface area contributed by atoms with E-state index in [9.17, 15) is 31.1 Å². The Kier molecular flexibility index (Phi) is 5.54. The van der Waals surface area contributed by atoms with E-state index in [-0.39, 0.29) is 5.33 Å². The van der Waals surface area contributed by atoms with E-state index >= 15 is 0 Å². The van der Waals surface area contributed by atoms with Crippen LogP contribution < -0.4 is 0 Å².